The molecular weight excluding hydrogens is 660 g/mol. The smallest absolute Gasteiger partial charge is 0.194 e. The van der Waals surface area contributed by atoms with Crippen molar-refractivity contribution in [2.75, 3.05) is 0 Å². The minimum atomic E-state index is -0.409. The van der Waals surface area contributed by atoms with Crippen LogP contribution in [0.1, 0.15) is 30.8 Å². The molecule has 0 bridgehead atoms. The summed E-state index contributed by atoms with van der Waals surface area (Å²) >= 11 is 0. The maximum absolute atomic E-state index is 15.5. The summed E-state index contributed by atoms with van der Waals surface area (Å²) in [6, 6.07) is 34.1. The number of benzene rings is 6. The number of carbonyl (C=O) groups excluding carboxylic acids is 1. The molecule has 14 radical (unpaired) electrons. The number of imidazole rings is 1. The molecule has 1 aromatic heterocycles. The van der Waals surface area contributed by atoms with Gasteiger partial charge in [0, 0.05) is 23.3 Å². The van der Waals surface area contributed by atoms with Crippen molar-refractivity contribution in [3.8, 4) is 27.9 Å². The molecule has 0 spiro atoms. The van der Waals surface area contributed by atoms with Crippen molar-refractivity contribution in [3.63, 3.8) is 0 Å². The molecular formula is C45H25B7N2O. The Labute approximate surface area is 329 Å². The van der Waals surface area contributed by atoms with Gasteiger partial charge in [-0.25, -0.2) is 4.98 Å². The van der Waals surface area contributed by atoms with Crippen LogP contribution in [0.3, 0.4) is 0 Å². The van der Waals surface area contributed by atoms with Gasteiger partial charge in [0.15, 0.2) is 5.78 Å². The Hall–Kier alpha value is -5.61. The van der Waals surface area contributed by atoms with Crippen molar-refractivity contribution in [1.82, 2.24) is 9.55 Å². The van der Waals surface area contributed by atoms with E-state index in [9.17, 15) is 0 Å². The van der Waals surface area contributed by atoms with Crippen molar-refractivity contribution >= 4 is 116 Å². The highest BCUT2D eigenvalue weighted by Gasteiger charge is 2.33. The first-order chi connectivity index (χ1) is 26.5. The van der Waals surface area contributed by atoms with Crippen molar-refractivity contribution in [1.29, 1.82) is 0 Å². The summed E-state index contributed by atoms with van der Waals surface area (Å²) in [6.45, 7) is 3.71. The van der Waals surface area contributed by atoms with E-state index in [1.807, 2.05) is 84.9 Å². The number of hydrogen-bond acceptors (Lipinski definition) is 2. The monoisotopic (exact) mass is 686 g/mol. The van der Waals surface area contributed by atoms with E-state index < -0.39 is 5.78 Å². The predicted octanol–water partition coefficient (Wildman–Crippen LogP) is 2.54. The van der Waals surface area contributed by atoms with Gasteiger partial charge in [0.05, 0.1) is 11.0 Å². The Morgan fingerprint density at radius 2 is 1.22 bits per heavy atom. The second kappa shape index (κ2) is 13.0. The SMILES string of the molecule is [B]/C(C)=C([B])/C([B])=C1\C(=O)C(c2ccc3c4c(cccc24)-c2ccccc2-3)=c2c([B])c([B])c([B])c([B])c2=C1c1ccc(-n2c(CC)nc3ccccc32)cc1. The summed E-state index contributed by atoms with van der Waals surface area (Å²) in [4.78, 5) is 20.4. The van der Waals surface area contributed by atoms with Gasteiger partial charge >= 0.3 is 0 Å². The number of fused-ring (bicyclic) bond motifs is 5. The molecule has 9 rings (SSSR count). The Morgan fingerprint density at radius 3 is 1.87 bits per heavy atom. The van der Waals surface area contributed by atoms with E-state index in [1.54, 1.807) is 6.92 Å². The van der Waals surface area contributed by atoms with Crippen molar-refractivity contribution < 1.29 is 4.79 Å². The zero-order valence-electron chi connectivity index (χ0n) is 30.4. The van der Waals surface area contributed by atoms with E-state index in [1.165, 1.54) is 0 Å². The summed E-state index contributed by atoms with van der Waals surface area (Å²) in [5.74, 6) is 0.502. The zero-order chi connectivity index (χ0) is 38.4. The second-order valence-electron chi connectivity index (χ2n) is 14.1. The van der Waals surface area contributed by atoms with Gasteiger partial charge in [-0.3, -0.25) is 9.36 Å². The van der Waals surface area contributed by atoms with E-state index in [0.29, 0.717) is 27.1 Å². The van der Waals surface area contributed by atoms with Crippen LogP contribution in [0.2, 0.25) is 0 Å². The maximum atomic E-state index is 15.5. The molecule has 3 nitrogen and oxygen atoms in total. The lowest BCUT2D eigenvalue weighted by molar-refractivity contribution is -0.110. The van der Waals surface area contributed by atoms with E-state index >= 15 is 4.79 Å². The van der Waals surface area contributed by atoms with Gasteiger partial charge in [-0.15, -0.1) is 21.9 Å². The van der Waals surface area contributed by atoms with Crippen molar-refractivity contribution in [2.24, 2.45) is 0 Å². The molecule has 6 aromatic carbocycles. The van der Waals surface area contributed by atoms with Crippen LogP contribution in [0.25, 0.3) is 60.9 Å². The molecule has 55 heavy (non-hydrogen) atoms. The lowest BCUT2D eigenvalue weighted by Crippen LogP contribution is -2.66. The molecule has 2 aliphatic carbocycles. The van der Waals surface area contributed by atoms with Crippen LogP contribution in [0.5, 0.6) is 0 Å². The zero-order valence-corrected chi connectivity index (χ0v) is 30.4. The van der Waals surface area contributed by atoms with E-state index in [2.05, 4.69) is 29.7 Å². The summed E-state index contributed by atoms with van der Waals surface area (Å²) in [7, 11) is 46.8. The largest absolute Gasteiger partial charge is 0.296 e. The molecule has 1 heterocycles. The van der Waals surface area contributed by atoms with Gasteiger partial charge in [0.25, 0.3) is 0 Å². The van der Waals surface area contributed by atoms with Gasteiger partial charge in [-0.2, -0.15) is 0 Å². The van der Waals surface area contributed by atoms with Crippen molar-refractivity contribution in [2.45, 2.75) is 20.3 Å². The fraction of sp³-hybridized carbons (Fsp3) is 0.0667. The molecule has 2 aliphatic rings. The molecule has 0 amide bonds. The normalized spacial score (nSPS) is 14.7. The van der Waals surface area contributed by atoms with Gasteiger partial charge in [0.2, 0.25) is 0 Å². The number of para-hydroxylation sites is 2. The minimum absolute atomic E-state index is 0.00723. The lowest BCUT2D eigenvalue weighted by atomic mass is 9.61. The number of nitrogens with zero attached hydrogens (tertiary/aromatic N) is 2. The highest BCUT2D eigenvalue weighted by atomic mass is 16.1. The van der Waals surface area contributed by atoms with Crippen LogP contribution in [-0.4, -0.2) is 70.3 Å². The van der Waals surface area contributed by atoms with Crippen LogP contribution >= 0.6 is 0 Å². The van der Waals surface area contributed by atoms with Crippen LogP contribution in [0.4, 0.5) is 0 Å². The average Bonchev–Trinajstić information content (AvgIpc) is 3.75. The fourth-order valence-corrected chi connectivity index (χ4v) is 8.38. The fourth-order valence-electron chi connectivity index (χ4n) is 8.38. The number of hydrogen-bond donors (Lipinski definition) is 0. The molecule has 10 heteroatoms. The molecule has 7 aromatic rings. The molecule has 0 unspecified atom stereocenters. The summed E-state index contributed by atoms with van der Waals surface area (Å²) in [5, 5.41) is 2.69. The van der Waals surface area contributed by atoms with E-state index in [4.69, 9.17) is 59.9 Å². The summed E-state index contributed by atoms with van der Waals surface area (Å²) < 4.78 is 2.12. The highest BCUT2D eigenvalue weighted by molar-refractivity contribution is 6.63. The number of Topliss-reactive ketones (excluding diaryl/α,β-unsaturated/α-hetero) is 1. The number of rotatable bonds is 5. The van der Waals surface area contributed by atoms with Gasteiger partial charge in [0.1, 0.15) is 60.7 Å². The molecule has 0 atom stereocenters. The first-order valence-electron chi connectivity index (χ1n) is 18.0. The van der Waals surface area contributed by atoms with Gasteiger partial charge in [-0.05, 0) is 84.4 Å². The summed E-state index contributed by atoms with van der Waals surface area (Å²) in [6.07, 6.45) is 0.724. The third-order valence-electron chi connectivity index (χ3n) is 11.0. The Balaban J connectivity index is 1.42. The second-order valence-corrected chi connectivity index (χ2v) is 14.1. The van der Waals surface area contributed by atoms with Crippen molar-refractivity contribution in [3.05, 3.63) is 153 Å². The molecule has 0 N–H and O–H groups in total. The molecule has 0 fully saturated rings. The topological polar surface area (TPSA) is 34.9 Å². The molecule has 242 valence electrons. The van der Waals surface area contributed by atoms with Crippen LogP contribution in [-0.2, 0) is 11.2 Å². The van der Waals surface area contributed by atoms with E-state index in [-0.39, 0.29) is 49.4 Å². The number of allylic oxidation sites excluding steroid dienone is 4. The van der Waals surface area contributed by atoms with Crippen LogP contribution < -0.4 is 32.3 Å². The Kier molecular flexibility index (Phi) is 8.31. The Bertz CT molecular complexity index is 3030. The standard InChI is InChI=1S/C45H25B7N2O/c1-3-32-53-30-13-6-7-14-31(30)54(32)23-17-15-22(16-18-23)33-36-37(41(49)44(52)43(51)40(36)48)35(45(55)38(33)42(50)39(47)21(2)46)29-20-19-28-25-10-5-4-9-24(25)26-11-8-12-27(29)34(26)28/h4-20H,3H2,1-2H3/b39-21-,42-38+. The minimum Gasteiger partial charge on any atom is -0.296 e. The first-order valence-corrected chi connectivity index (χ1v) is 18.0. The average molecular weight is 685 g/mol. The predicted molar refractivity (Wildman–Crippen MR) is 233 cm³/mol. The third kappa shape index (κ3) is 5.07. The highest BCUT2D eigenvalue weighted by Crippen LogP contribution is 2.48. The molecule has 0 aliphatic heterocycles. The molecule has 0 saturated carbocycles. The molecule has 0 saturated heterocycles. The quantitative estimate of drug-likeness (QED) is 0.207. The van der Waals surface area contributed by atoms with E-state index in [0.717, 1.165) is 62.0 Å². The Morgan fingerprint density at radius 1 is 0.636 bits per heavy atom. The number of ketones is 1. The van der Waals surface area contributed by atoms with Gasteiger partial charge in [-0.1, -0.05) is 109 Å². The number of aryl methyl sites for hydroxylation is 1. The lowest BCUT2D eigenvalue weighted by Gasteiger charge is -2.28. The first kappa shape index (κ1) is 35.1. The number of carbonyl (C=O) groups is 1. The van der Waals surface area contributed by atoms with Gasteiger partial charge < -0.3 is 0 Å². The van der Waals surface area contributed by atoms with Crippen LogP contribution in [0.15, 0.2) is 125 Å². The number of aromatic nitrogens is 2. The summed E-state index contributed by atoms with van der Waals surface area (Å²) in [5.41, 5.74) is 10.1. The maximum Gasteiger partial charge on any atom is 0.194 e. The van der Waals surface area contributed by atoms with Crippen LogP contribution in [0, 0.1) is 0 Å². The third-order valence-corrected chi connectivity index (χ3v) is 11.0.